The highest BCUT2D eigenvalue weighted by molar-refractivity contribution is 7.99. The van der Waals surface area contributed by atoms with Gasteiger partial charge in [0, 0.05) is 10.9 Å². The van der Waals surface area contributed by atoms with Gasteiger partial charge in [-0.25, -0.2) is 4.98 Å². The number of carbonyl (C=O) groups excluding carboxylic acids is 1. The van der Waals surface area contributed by atoms with Crippen LogP contribution in [0, 0.1) is 13.8 Å². The highest BCUT2D eigenvalue weighted by Gasteiger charge is 2.12. The molecule has 1 heterocycles. The number of esters is 1. The Kier molecular flexibility index (Phi) is 5.48. The van der Waals surface area contributed by atoms with E-state index in [1.807, 2.05) is 32.9 Å². The van der Waals surface area contributed by atoms with Gasteiger partial charge in [0.2, 0.25) is 0 Å². The molecule has 0 radical (unpaired) electrons. The fourth-order valence-electron chi connectivity index (χ4n) is 1.57. The Morgan fingerprint density at radius 1 is 1.47 bits per heavy atom. The predicted molar refractivity (Wildman–Crippen MR) is 70.3 cm³/mol. The molecule has 4 heteroatoms. The maximum atomic E-state index is 11.3. The molecule has 1 rings (SSSR count). The van der Waals surface area contributed by atoms with Crippen molar-refractivity contribution >= 4 is 17.7 Å². The molecule has 0 aliphatic rings. The first-order chi connectivity index (χ1) is 8.01. The summed E-state index contributed by atoms with van der Waals surface area (Å²) < 4.78 is 4.93. The molecule has 0 aliphatic heterocycles. The van der Waals surface area contributed by atoms with Gasteiger partial charge in [0.1, 0.15) is 0 Å². The quantitative estimate of drug-likeness (QED) is 0.597. The molecule has 0 saturated carbocycles. The molecular weight excluding hydrogens is 234 g/mol. The van der Waals surface area contributed by atoms with E-state index in [1.165, 1.54) is 5.56 Å². The Balaban J connectivity index is 2.55. The second-order valence-corrected chi connectivity index (χ2v) is 5.52. The second-order valence-electron chi connectivity index (χ2n) is 4.06. The van der Waals surface area contributed by atoms with Crippen LogP contribution < -0.4 is 0 Å². The lowest BCUT2D eigenvalue weighted by molar-refractivity contribution is -0.142. The van der Waals surface area contributed by atoms with Crippen LogP contribution in [0.5, 0.6) is 0 Å². The van der Waals surface area contributed by atoms with Crippen LogP contribution in [0.4, 0.5) is 0 Å². The Morgan fingerprint density at radius 2 is 2.18 bits per heavy atom. The van der Waals surface area contributed by atoms with Crippen LogP contribution in [0.2, 0.25) is 0 Å². The predicted octanol–water partition coefficient (Wildman–Crippen LogP) is 3.13. The molecular formula is C13H19NO2S. The van der Waals surface area contributed by atoms with Crippen LogP contribution in [-0.4, -0.2) is 22.8 Å². The zero-order chi connectivity index (χ0) is 12.8. The van der Waals surface area contributed by atoms with Crippen molar-refractivity contribution in [3.05, 3.63) is 23.4 Å². The minimum atomic E-state index is -0.142. The summed E-state index contributed by atoms with van der Waals surface area (Å²) in [5.41, 5.74) is 2.21. The van der Waals surface area contributed by atoms with E-state index in [-0.39, 0.29) is 11.2 Å². The fourth-order valence-corrected chi connectivity index (χ4v) is 2.65. The molecule has 1 aromatic rings. The lowest BCUT2D eigenvalue weighted by Gasteiger charge is -2.10. The fraction of sp³-hybridized carbons (Fsp3) is 0.538. The van der Waals surface area contributed by atoms with Gasteiger partial charge >= 0.3 is 5.97 Å². The lowest BCUT2D eigenvalue weighted by atomic mass is 10.3. The summed E-state index contributed by atoms with van der Waals surface area (Å²) in [6.07, 6.45) is 0.424. The third-order valence-electron chi connectivity index (χ3n) is 2.16. The van der Waals surface area contributed by atoms with Crippen LogP contribution in [0.25, 0.3) is 0 Å². The average molecular weight is 253 g/mol. The molecule has 1 aromatic heterocycles. The molecule has 0 aliphatic carbocycles. The molecule has 17 heavy (non-hydrogen) atoms. The molecule has 0 bridgehead atoms. The molecule has 94 valence electrons. The Bertz CT molecular complexity index is 373. The van der Waals surface area contributed by atoms with Crippen molar-refractivity contribution in [3.63, 3.8) is 0 Å². The molecule has 3 nitrogen and oxygen atoms in total. The topological polar surface area (TPSA) is 39.2 Å². The molecule has 0 spiro atoms. The first kappa shape index (κ1) is 14.0. The largest absolute Gasteiger partial charge is 0.466 e. The lowest BCUT2D eigenvalue weighted by Crippen LogP contribution is -2.10. The van der Waals surface area contributed by atoms with E-state index >= 15 is 0 Å². The third kappa shape index (κ3) is 5.22. The minimum Gasteiger partial charge on any atom is -0.466 e. The highest BCUT2D eigenvalue weighted by Crippen LogP contribution is 2.24. The third-order valence-corrected chi connectivity index (χ3v) is 3.18. The van der Waals surface area contributed by atoms with E-state index < -0.39 is 0 Å². The van der Waals surface area contributed by atoms with Crippen molar-refractivity contribution in [2.45, 2.75) is 44.4 Å². The van der Waals surface area contributed by atoms with Crippen molar-refractivity contribution in [1.82, 2.24) is 4.98 Å². The maximum Gasteiger partial charge on any atom is 0.306 e. The van der Waals surface area contributed by atoms with Crippen molar-refractivity contribution in [3.8, 4) is 0 Å². The van der Waals surface area contributed by atoms with Crippen LogP contribution in [0.3, 0.4) is 0 Å². The summed E-state index contributed by atoms with van der Waals surface area (Å²) in [6, 6.07) is 4.08. The second kappa shape index (κ2) is 6.64. The summed E-state index contributed by atoms with van der Waals surface area (Å²) in [7, 11) is 0. The van der Waals surface area contributed by atoms with Crippen molar-refractivity contribution in [2.75, 3.05) is 6.61 Å². The van der Waals surface area contributed by atoms with E-state index in [0.717, 1.165) is 10.7 Å². The van der Waals surface area contributed by atoms with Gasteiger partial charge in [0.15, 0.2) is 0 Å². The SMILES string of the molecule is CCOC(=O)CC(C)Sc1cc(C)cc(C)n1. The number of carbonyl (C=O) groups is 1. The molecule has 0 fully saturated rings. The van der Waals surface area contributed by atoms with E-state index in [4.69, 9.17) is 4.74 Å². The number of ether oxygens (including phenoxy) is 1. The van der Waals surface area contributed by atoms with E-state index in [2.05, 4.69) is 11.9 Å². The number of hydrogen-bond acceptors (Lipinski definition) is 4. The molecule has 1 atom stereocenters. The van der Waals surface area contributed by atoms with Gasteiger partial charge in [-0.1, -0.05) is 6.92 Å². The molecule has 0 saturated heterocycles. The van der Waals surface area contributed by atoms with Gasteiger partial charge in [-0.05, 0) is 38.5 Å². The zero-order valence-corrected chi connectivity index (χ0v) is 11.6. The van der Waals surface area contributed by atoms with Gasteiger partial charge < -0.3 is 4.74 Å². The van der Waals surface area contributed by atoms with Gasteiger partial charge in [0.05, 0.1) is 18.1 Å². The number of hydrogen-bond donors (Lipinski definition) is 0. The van der Waals surface area contributed by atoms with Crippen molar-refractivity contribution in [2.24, 2.45) is 0 Å². The van der Waals surface area contributed by atoms with E-state index in [9.17, 15) is 4.79 Å². The first-order valence-corrected chi connectivity index (χ1v) is 6.66. The Hall–Kier alpha value is -1.03. The Morgan fingerprint density at radius 3 is 2.76 bits per heavy atom. The van der Waals surface area contributed by atoms with Crippen LogP contribution in [-0.2, 0) is 9.53 Å². The van der Waals surface area contributed by atoms with Gasteiger partial charge in [-0.3, -0.25) is 4.79 Å². The highest BCUT2D eigenvalue weighted by atomic mass is 32.2. The molecule has 0 N–H and O–H groups in total. The average Bonchev–Trinajstić information content (AvgIpc) is 2.14. The smallest absolute Gasteiger partial charge is 0.306 e. The maximum absolute atomic E-state index is 11.3. The summed E-state index contributed by atoms with van der Waals surface area (Å²) in [5.74, 6) is -0.142. The number of rotatable bonds is 5. The van der Waals surface area contributed by atoms with E-state index in [1.54, 1.807) is 11.8 Å². The number of nitrogens with zero attached hydrogens (tertiary/aromatic N) is 1. The molecule has 0 amide bonds. The number of aryl methyl sites for hydroxylation is 2. The minimum absolute atomic E-state index is 0.142. The normalized spacial score (nSPS) is 12.2. The summed E-state index contributed by atoms with van der Waals surface area (Å²) in [4.78, 5) is 15.8. The summed E-state index contributed by atoms with van der Waals surface area (Å²) in [5, 5.41) is 1.15. The monoisotopic (exact) mass is 253 g/mol. The van der Waals surface area contributed by atoms with E-state index in [0.29, 0.717) is 13.0 Å². The summed E-state index contributed by atoms with van der Waals surface area (Å²) in [6.45, 7) is 8.31. The van der Waals surface area contributed by atoms with Crippen LogP contribution in [0.15, 0.2) is 17.2 Å². The zero-order valence-electron chi connectivity index (χ0n) is 10.8. The van der Waals surface area contributed by atoms with Crippen LogP contribution in [0.1, 0.15) is 31.5 Å². The van der Waals surface area contributed by atoms with Gasteiger partial charge in [0.25, 0.3) is 0 Å². The summed E-state index contributed by atoms with van der Waals surface area (Å²) >= 11 is 1.61. The van der Waals surface area contributed by atoms with Crippen molar-refractivity contribution in [1.29, 1.82) is 0 Å². The standard InChI is InChI=1S/C13H19NO2S/c1-5-16-13(15)8-11(4)17-12-7-9(2)6-10(3)14-12/h6-7,11H,5,8H2,1-4H3. The number of pyridine rings is 1. The number of thioether (sulfide) groups is 1. The molecule has 1 unspecified atom stereocenters. The first-order valence-electron chi connectivity index (χ1n) is 5.78. The van der Waals surface area contributed by atoms with Gasteiger partial charge in [-0.15, -0.1) is 11.8 Å². The Labute approximate surface area is 107 Å². The number of aromatic nitrogens is 1. The van der Waals surface area contributed by atoms with Gasteiger partial charge in [-0.2, -0.15) is 0 Å². The van der Waals surface area contributed by atoms with Crippen LogP contribution >= 0.6 is 11.8 Å². The molecule has 0 aromatic carbocycles. The van der Waals surface area contributed by atoms with Crippen molar-refractivity contribution < 1.29 is 9.53 Å².